The standard InChI is InChI=1S/C15H23BrN2O/c1-17-10-12-3-4-13(15(16)9-12)11-19-14-5-7-18(2)8-6-14/h3-4,9,14,17H,5-8,10-11H2,1-2H3. The molecule has 0 aliphatic carbocycles. The Hall–Kier alpha value is -0.420. The van der Waals surface area contributed by atoms with Crippen LogP contribution in [-0.2, 0) is 17.9 Å². The Morgan fingerprint density at radius 1 is 1.37 bits per heavy atom. The van der Waals surface area contributed by atoms with Crippen LogP contribution in [0.25, 0.3) is 0 Å². The molecule has 0 spiro atoms. The van der Waals surface area contributed by atoms with E-state index < -0.39 is 0 Å². The molecule has 4 heteroatoms. The Balaban J connectivity index is 1.85. The van der Waals surface area contributed by atoms with Gasteiger partial charge in [-0.2, -0.15) is 0 Å². The molecular formula is C15H23BrN2O. The van der Waals surface area contributed by atoms with Crippen molar-refractivity contribution in [2.45, 2.75) is 32.1 Å². The highest BCUT2D eigenvalue weighted by Crippen LogP contribution is 2.21. The van der Waals surface area contributed by atoms with Gasteiger partial charge in [-0.15, -0.1) is 0 Å². The van der Waals surface area contributed by atoms with E-state index in [4.69, 9.17) is 4.74 Å². The lowest BCUT2D eigenvalue weighted by Crippen LogP contribution is -2.34. The summed E-state index contributed by atoms with van der Waals surface area (Å²) in [5, 5.41) is 3.16. The summed E-state index contributed by atoms with van der Waals surface area (Å²) < 4.78 is 7.17. The van der Waals surface area contributed by atoms with Crippen molar-refractivity contribution in [1.82, 2.24) is 10.2 Å². The minimum atomic E-state index is 0.417. The average molecular weight is 327 g/mol. The number of nitrogens with zero attached hydrogens (tertiary/aromatic N) is 1. The molecule has 1 aromatic rings. The lowest BCUT2D eigenvalue weighted by atomic mass is 10.1. The minimum absolute atomic E-state index is 0.417. The van der Waals surface area contributed by atoms with Gasteiger partial charge in [0, 0.05) is 24.1 Å². The summed E-state index contributed by atoms with van der Waals surface area (Å²) in [6, 6.07) is 6.49. The van der Waals surface area contributed by atoms with E-state index in [1.807, 2.05) is 7.05 Å². The molecule has 1 aromatic carbocycles. The van der Waals surface area contributed by atoms with Gasteiger partial charge in [0.25, 0.3) is 0 Å². The molecule has 0 radical (unpaired) electrons. The van der Waals surface area contributed by atoms with Gasteiger partial charge >= 0.3 is 0 Å². The van der Waals surface area contributed by atoms with E-state index >= 15 is 0 Å². The van der Waals surface area contributed by atoms with E-state index in [1.165, 1.54) is 11.1 Å². The molecule has 1 heterocycles. The molecule has 1 N–H and O–H groups in total. The predicted octanol–water partition coefficient (Wildman–Crippen LogP) is 2.78. The number of piperidine rings is 1. The van der Waals surface area contributed by atoms with Crippen LogP contribution in [0.5, 0.6) is 0 Å². The monoisotopic (exact) mass is 326 g/mol. The van der Waals surface area contributed by atoms with Gasteiger partial charge in [0.2, 0.25) is 0 Å². The molecule has 1 fully saturated rings. The maximum absolute atomic E-state index is 6.03. The van der Waals surface area contributed by atoms with E-state index in [9.17, 15) is 0 Å². The van der Waals surface area contributed by atoms with E-state index in [-0.39, 0.29) is 0 Å². The van der Waals surface area contributed by atoms with Crippen molar-refractivity contribution in [3.63, 3.8) is 0 Å². The van der Waals surface area contributed by atoms with Gasteiger partial charge in [-0.1, -0.05) is 28.1 Å². The molecule has 0 atom stereocenters. The smallest absolute Gasteiger partial charge is 0.0731 e. The molecule has 0 aromatic heterocycles. The number of nitrogens with one attached hydrogen (secondary N) is 1. The lowest BCUT2D eigenvalue weighted by molar-refractivity contribution is 0.00191. The molecule has 19 heavy (non-hydrogen) atoms. The quantitative estimate of drug-likeness (QED) is 0.900. The zero-order chi connectivity index (χ0) is 13.7. The van der Waals surface area contributed by atoms with Crippen molar-refractivity contribution in [2.75, 3.05) is 27.2 Å². The van der Waals surface area contributed by atoms with Gasteiger partial charge in [0.15, 0.2) is 0 Å². The summed E-state index contributed by atoms with van der Waals surface area (Å²) in [5.74, 6) is 0. The van der Waals surface area contributed by atoms with Crippen molar-refractivity contribution < 1.29 is 4.74 Å². The average Bonchev–Trinajstić information content (AvgIpc) is 2.40. The van der Waals surface area contributed by atoms with E-state index in [1.54, 1.807) is 0 Å². The highest BCUT2D eigenvalue weighted by molar-refractivity contribution is 9.10. The molecule has 1 aliphatic heterocycles. The number of halogens is 1. The zero-order valence-electron chi connectivity index (χ0n) is 11.8. The summed E-state index contributed by atoms with van der Waals surface area (Å²) in [7, 11) is 4.14. The van der Waals surface area contributed by atoms with E-state index in [0.29, 0.717) is 12.7 Å². The van der Waals surface area contributed by atoms with Crippen LogP contribution in [-0.4, -0.2) is 38.2 Å². The minimum Gasteiger partial charge on any atom is -0.373 e. The fourth-order valence-corrected chi connectivity index (χ4v) is 2.92. The lowest BCUT2D eigenvalue weighted by Gasteiger charge is -2.29. The molecule has 1 saturated heterocycles. The van der Waals surface area contributed by atoms with Crippen LogP contribution < -0.4 is 5.32 Å². The van der Waals surface area contributed by atoms with Crippen LogP contribution in [0.4, 0.5) is 0 Å². The van der Waals surface area contributed by atoms with Gasteiger partial charge in [-0.25, -0.2) is 0 Å². The van der Waals surface area contributed by atoms with Crippen LogP contribution in [0.2, 0.25) is 0 Å². The van der Waals surface area contributed by atoms with Gasteiger partial charge in [-0.3, -0.25) is 0 Å². The van der Waals surface area contributed by atoms with Crippen LogP contribution in [0.15, 0.2) is 22.7 Å². The van der Waals surface area contributed by atoms with Crippen LogP contribution >= 0.6 is 15.9 Å². The van der Waals surface area contributed by atoms with Crippen molar-refractivity contribution in [3.8, 4) is 0 Å². The first-order valence-corrected chi connectivity index (χ1v) is 7.70. The Kier molecular flexibility index (Phi) is 5.82. The van der Waals surface area contributed by atoms with Crippen molar-refractivity contribution in [2.24, 2.45) is 0 Å². The highest BCUT2D eigenvalue weighted by Gasteiger charge is 2.17. The zero-order valence-corrected chi connectivity index (χ0v) is 13.4. The van der Waals surface area contributed by atoms with Crippen molar-refractivity contribution in [3.05, 3.63) is 33.8 Å². The fourth-order valence-electron chi connectivity index (χ4n) is 2.38. The Morgan fingerprint density at radius 2 is 2.11 bits per heavy atom. The number of hydrogen-bond acceptors (Lipinski definition) is 3. The van der Waals surface area contributed by atoms with Gasteiger partial charge < -0.3 is 15.0 Å². The number of rotatable bonds is 5. The Labute approximate surface area is 124 Å². The first-order valence-electron chi connectivity index (χ1n) is 6.91. The molecule has 106 valence electrons. The summed E-state index contributed by atoms with van der Waals surface area (Å²) in [5.41, 5.74) is 2.52. The molecule has 0 amide bonds. The molecule has 2 rings (SSSR count). The summed E-state index contributed by atoms with van der Waals surface area (Å²) in [6.07, 6.45) is 2.71. The maximum Gasteiger partial charge on any atom is 0.0731 e. The van der Waals surface area contributed by atoms with Crippen molar-refractivity contribution in [1.29, 1.82) is 0 Å². The van der Waals surface area contributed by atoms with Crippen molar-refractivity contribution >= 4 is 15.9 Å². The molecular weight excluding hydrogens is 304 g/mol. The van der Waals surface area contributed by atoms with Gasteiger partial charge in [0.1, 0.15) is 0 Å². The molecule has 0 bridgehead atoms. The predicted molar refractivity (Wildman–Crippen MR) is 82.2 cm³/mol. The van der Waals surface area contributed by atoms with E-state index in [2.05, 4.69) is 51.4 Å². The molecule has 1 aliphatic rings. The highest BCUT2D eigenvalue weighted by atomic mass is 79.9. The third kappa shape index (κ3) is 4.56. The Bertz CT molecular complexity index is 403. The van der Waals surface area contributed by atoms with Crippen LogP contribution in [0.1, 0.15) is 24.0 Å². The maximum atomic E-state index is 6.03. The number of likely N-dealkylation sites (tertiary alicyclic amines) is 1. The number of benzene rings is 1. The van der Waals surface area contributed by atoms with Gasteiger partial charge in [0.05, 0.1) is 12.7 Å². The molecule has 0 saturated carbocycles. The SMILES string of the molecule is CNCc1ccc(COC2CCN(C)CC2)c(Br)c1. The molecule has 3 nitrogen and oxygen atoms in total. The Morgan fingerprint density at radius 3 is 2.74 bits per heavy atom. The second kappa shape index (κ2) is 7.39. The second-order valence-corrected chi connectivity index (χ2v) is 6.12. The molecule has 0 unspecified atom stereocenters. The van der Waals surface area contributed by atoms with Crippen LogP contribution in [0.3, 0.4) is 0 Å². The first-order chi connectivity index (χ1) is 9.19. The van der Waals surface area contributed by atoms with Crippen LogP contribution in [0, 0.1) is 0 Å². The number of hydrogen-bond donors (Lipinski definition) is 1. The summed E-state index contributed by atoms with van der Waals surface area (Å²) in [4.78, 5) is 2.36. The fraction of sp³-hybridized carbons (Fsp3) is 0.600. The number of ether oxygens (including phenoxy) is 1. The third-order valence-corrected chi connectivity index (χ3v) is 4.38. The normalized spacial score (nSPS) is 17.8. The summed E-state index contributed by atoms with van der Waals surface area (Å²) >= 11 is 3.64. The largest absolute Gasteiger partial charge is 0.373 e. The second-order valence-electron chi connectivity index (χ2n) is 5.27. The van der Waals surface area contributed by atoms with E-state index in [0.717, 1.165) is 36.9 Å². The van der Waals surface area contributed by atoms with Gasteiger partial charge in [-0.05, 0) is 44.1 Å². The summed E-state index contributed by atoms with van der Waals surface area (Å²) in [6.45, 7) is 3.89. The topological polar surface area (TPSA) is 24.5 Å². The first kappa shape index (κ1) is 15.0. The third-order valence-electron chi connectivity index (χ3n) is 3.64.